The van der Waals surface area contributed by atoms with Crippen molar-refractivity contribution in [2.24, 2.45) is 0 Å². The van der Waals surface area contributed by atoms with E-state index in [0.717, 1.165) is 5.56 Å². The molecule has 8 heteroatoms. The molecule has 1 aliphatic heterocycles. The summed E-state index contributed by atoms with van der Waals surface area (Å²) in [6.45, 7) is 2.39. The van der Waals surface area contributed by atoms with Crippen LogP contribution in [-0.4, -0.2) is 59.2 Å². The maximum absolute atomic E-state index is 11.6. The van der Waals surface area contributed by atoms with Gasteiger partial charge in [-0.1, -0.05) is 30.3 Å². The third-order valence-corrected chi connectivity index (χ3v) is 3.91. The van der Waals surface area contributed by atoms with Gasteiger partial charge in [-0.15, -0.1) is 0 Å². The van der Waals surface area contributed by atoms with Gasteiger partial charge in [-0.05, 0) is 5.56 Å². The summed E-state index contributed by atoms with van der Waals surface area (Å²) in [5, 5.41) is 25.1. The number of amides is 2. The number of ether oxygens (including phenoxy) is 2. The van der Waals surface area contributed by atoms with Crippen molar-refractivity contribution in [3.63, 3.8) is 0 Å². The first-order valence-corrected chi connectivity index (χ1v) is 8.06. The Morgan fingerprint density at radius 3 is 2.28 bits per heavy atom. The molecule has 1 saturated heterocycles. The number of hydrogen-bond acceptors (Lipinski definition) is 6. The predicted molar refractivity (Wildman–Crippen MR) is 88.2 cm³/mol. The Hall–Kier alpha value is -2.00. The van der Waals surface area contributed by atoms with Crippen molar-refractivity contribution in [2.45, 2.75) is 51.0 Å². The SMILES string of the molecule is CC(=O)N[C@@H]1[C@H](OCc2ccccc2)O[C@H](CO)[C@H](O)[C@@H]1NC(C)=O. The van der Waals surface area contributed by atoms with Crippen LogP contribution in [0, 0.1) is 0 Å². The van der Waals surface area contributed by atoms with E-state index in [1.807, 2.05) is 30.3 Å². The van der Waals surface area contributed by atoms with Gasteiger partial charge in [0, 0.05) is 13.8 Å². The fraction of sp³-hybridized carbons (Fsp3) is 0.529. The molecular weight excluding hydrogens is 328 g/mol. The maximum atomic E-state index is 11.6. The zero-order valence-corrected chi connectivity index (χ0v) is 14.2. The molecule has 2 amide bonds. The van der Waals surface area contributed by atoms with Crippen LogP contribution in [0.4, 0.5) is 0 Å². The summed E-state index contributed by atoms with van der Waals surface area (Å²) in [5.41, 5.74) is 0.899. The number of carbonyl (C=O) groups is 2. The highest BCUT2D eigenvalue weighted by Gasteiger charge is 2.46. The number of rotatable bonds is 6. The van der Waals surface area contributed by atoms with E-state index in [4.69, 9.17) is 9.47 Å². The normalized spacial score (nSPS) is 29.0. The van der Waals surface area contributed by atoms with E-state index in [1.165, 1.54) is 13.8 Å². The average molecular weight is 352 g/mol. The van der Waals surface area contributed by atoms with Crippen LogP contribution in [0.25, 0.3) is 0 Å². The first-order valence-electron chi connectivity index (χ1n) is 8.06. The summed E-state index contributed by atoms with van der Waals surface area (Å²) < 4.78 is 11.4. The van der Waals surface area contributed by atoms with Gasteiger partial charge in [0.1, 0.15) is 18.2 Å². The minimum atomic E-state index is -1.19. The molecule has 5 atom stereocenters. The van der Waals surface area contributed by atoms with Crippen LogP contribution in [0.3, 0.4) is 0 Å². The first kappa shape index (κ1) is 19.3. The molecule has 1 aromatic rings. The van der Waals surface area contributed by atoms with E-state index in [0.29, 0.717) is 0 Å². The van der Waals surface area contributed by atoms with Gasteiger partial charge >= 0.3 is 0 Å². The highest BCUT2D eigenvalue weighted by molar-refractivity contribution is 5.75. The number of nitrogens with one attached hydrogen (secondary N) is 2. The second-order valence-corrected chi connectivity index (χ2v) is 5.97. The molecule has 4 N–H and O–H groups in total. The van der Waals surface area contributed by atoms with E-state index in [9.17, 15) is 19.8 Å². The molecule has 1 aliphatic rings. The van der Waals surface area contributed by atoms with Crippen molar-refractivity contribution in [3.05, 3.63) is 35.9 Å². The van der Waals surface area contributed by atoms with Crippen molar-refractivity contribution in [1.29, 1.82) is 0 Å². The van der Waals surface area contributed by atoms with E-state index in [1.54, 1.807) is 0 Å². The largest absolute Gasteiger partial charge is 0.394 e. The minimum absolute atomic E-state index is 0.211. The zero-order chi connectivity index (χ0) is 18.4. The lowest BCUT2D eigenvalue weighted by atomic mass is 9.94. The molecule has 0 radical (unpaired) electrons. The molecule has 0 saturated carbocycles. The van der Waals surface area contributed by atoms with Crippen molar-refractivity contribution < 1.29 is 29.3 Å². The molecule has 1 fully saturated rings. The molecule has 1 heterocycles. The molecule has 8 nitrogen and oxygen atoms in total. The van der Waals surface area contributed by atoms with Crippen molar-refractivity contribution in [2.75, 3.05) is 6.61 Å². The van der Waals surface area contributed by atoms with Crippen LogP contribution >= 0.6 is 0 Å². The Kier molecular flexibility index (Phi) is 6.89. The molecule has 0 unspecified atom stereocenters. The number of benzene rings is 1. The maximum Gasteiger partial charge on any atom is 0.217 e. The molecule has 1 aromatic carbocycles. The van der Waals surface area contributed by atoms with Gasteiger partial charge in [0.2, 0.25) is 11.8 Å². The summed E-state index contributed by atoms with van der Waals surface area (Å²) in [6.07, 6.45) is -3.08. The summed E-state index contributed by atoms with van der Waals surface area (Å²) >= 11 is 0. The van der Waals surface area contributed by atoms with Crippen molar-refractivity contribution >= 4 is 11.8 Å². The van der Waals surface area contributed by atoms with Gasteiger partial charge in [0.15, 0.2) is 6.29 Å². The van der Waals surface area contributed by atoms with Gasteiger partial charge < -0.3 is 30.3 Å². The van der Waals surface area contributed by atoms with E-state index in [2.05, 4.69) is 10.6 Å². The van der Waals surface area contributed by atoms with Crippen molar-refractivity contribution in [3.8, 4) is 0 Å². The Morgan fingerprint density at radius 2 is 1.72 bits per heavy atom. The summed E-state index contributed by atoms with van der Waals surface area (Å²) in [5.74, 6) is -0.730. The highest BCUT2D eigenvalue weighted by atomic mass is 16.7. The lowest BCUT2D eigenvalue weighted by Crippen LogP contribution is -2.69. The van der Waals surface area contributed by atoms with Gasteiger partial charge in [-0.3, -0.25) is 9.59 Å². The topological polar surface area (TPSA) is 117 Å². The second-order valence-electron chi connectivity index (χ2n) is 5.97. The Bertz CT molecular complexity index is 582. The lowest BCUT2D eigenvalue weighted by molar-refractivity contribution is -0.253. The molecule has 25 heavy (non-hydrogen) atoms. The van der Waals surface area contributed by atoms with Crippen LogP contribution in [0.5, 0.6) is 0 Å². The molecule has 0 spiro atoms. The van der Waals surface area contributed by atoms with Crippen molar-refractivity contribution in [1.82, 2.24) is 10.6 Å². The average Bonchev–Trinajstić information content (AvgIpc) is 2.57. The summed E-state index contributed by atoms with van der Waals surface area (Å²) in [4.78, 5) is 23.0. The highest BCUT2D eigenvalue weighted by Crippen LogP contribution is 2.23. The fourth-order valence-electron chi connectivity index (χ4n) is 2.80. The minimum Gasteiger partial charge on any atom is -0.394 e. The van der Waals surface area contributed by atoms with E-state index < -0.39 is 37.2 Å². The zero-order valence-electron chi connectivity index (χ0n) is 14.2. The van der Waals surface area contributed by atoms with Crippen LogP contribution in [0.2, 0.25) is 0 Å². The number of carbonyl (C=O) groups excluding carboxylic acids is 2. The third-order valence-electron chi connectivity index (χ3n) is 3.91. The van der Waals surface area contributed by atoms with Crippen LogP contribution in [-0.2, 0) is 25.7 Å². The van der Waals surface area contributed by atoms with Crippen LogP contribution < -0.4 is 10.6 Å². The second kappa shape index (κ2) is 8.91. The lowest BCUT2D eigenvalue weighted by Gasteiger charge is -2.44. The van der Waals surface area contributed by atoms with Crippen LogP contribution in [0.1, 0.15) is 19.4 Å². The Balaban J connectivity index is 2.19. The van der Waals surface area contributed by atoms with E-state index >= 15 is 0 Å². The van der Waals surface area contributed by atoms with Crippen LogP contribution in [0.15, 0.2) is 30.3 Å². The molecular formula is C17H24N2O6. The molecule has 0 aromatic heterocycles. The monoisotopic (exact) mass is 352 g/mol. The predicted octanol–water partition coefficient (Wildman–Crippen LogP) is -0.709. The third kappa shape index (κ3) is 5.23. The van der Waals surface area contributed by atoms with Gasteiger partial charge in [0.25, 0.3) is 0 Å². The van der Waals surface area contributed by atoms with E-state index in [-0.39, 0.29) is 18.4 Å². The first-order chi connectivity index (χ1) is 11.9. The van der Waals surface area contributed by atoms with Gasteiger partial charge in [0.05, 0.1) is 19.3 Å². The van der Waals surface area contributed by atoms with Gasteiger partial charge in [-0.25, -0.2) is 0 Å². The number of hydrogen-bond donors (Lipinski definition) is 4. The fourth-order valence-corrected chi connectivity index (χ4v) is 2.80. The molecule has 0 bridgehead atoms. The molecule has 138 valence electrons. The summed E-state index contributed by atoms with van der Waals surface area (Å²) in [6, 6.07) is 7.71. The molecule has 2 rings (SSSR count). The Labute approximate surface area is 146 Å². The quantitative estimate of drug-likeness (QED) is 0.537. The Morgan fingerprint density at radius 1 is 1.12 bits per heavy atom. The molecule has 0 aliphatic carbocycles. The number of aliphatic hydroxyl groups is 2. The standard InChI is InChI=1S/C17H24N2O6/c1-10(21)18-14-15(19-11(2)22)17(25-13(8-20)16(14)23)24-9-12-6-4-3-5-7-12/h3-7,13-17,20,23H,8-9H2,1-2H3,(H,18,21)(H,19,22)/t13-,14-,15+,16+,17-/m1/s1. The summed E-state index contributed by atoms with van der Waals surface area (Å²) in [7, 11) is 0. The number of aliphatic hydroxyl groups excluding tert-OH is 2. The van der Waals surface area contributed by atoms with Gasteiger partial charge in [-0.2, -0.15) is 0 Å². The smallest absolute Gasteiger partial charge is 0.217 e.